The number of nitro groups is 1. The normalized spacial score (nSPS) is 10.5. The number of nitrogens with zero attached hydrogens (tertiary/aromatic N) is 5. The highest BCUT2D eigenvalue weighted by atomic mass is 16.6. The maximum absolute atomic E-state index is 12.0. The summed E-state index contributed by atoms with van der Waals surface area (Å²) in [6, 6.07) is 7.92. The van der Waals surface area contributed by atoms with E-state index in [0.717, 1.165) is 17.3 Å². The maximum atomic E-state index is 12.0. The van der Waals surface area contributed by atoms with Gasteiger partial charge in [-0.05, 0) is 12.5 Å². The van der Waals surface area contributed by atoms with Crippen molar-refractivity contribution in [2.75, 3.05) is 5.32 Å². The zero-order valence-corrected chi connectivity index (χ0v) is 12.6. The number of anilines is 1. The van der Waals surface area contributed by atoms with Gasteiger partial charge in [0.25, 0.3) is 5.91 Å². The Morgan fingerprint density at radius 1 is 1.46 bits per heavy atom. The predicted molar refractivity (Wildman–Crippen MR) is 83.5 cm³/mol. The van der Waals surface area contributed by atoms with Gasteiger partial charge in [0.05, 0.1) is 11.5 Å². The molecule has 122 valence electrons. The lowest BCUT2D eigenvalue weighted by Gasteiger charge is -2.02. The standard InChI is InChI=1S/C14H13N7O3/c1-9-3-2-4-10(5-9)7-20-8-15-14(19-20)17-13(22)12-11(21(23)24)6-16-18-12/h2-6,8H,7H2,1H3,(H,16,18)(H,17,19,22). The average molecular weight is 327 g/mol. The fourth-order valence-electron chi connectivity index (χ4n) is 2.18. The molecular weight excluding hydrogens is 314 g/mol. The van der Waals surface area contributed by atoms with E-state index >= 15 is 0 Å². The van der Waals surface area contributed by atoms with Crippen LogP contribution >= 0.6 is 0 Å². The molecule has 0 aliphatic rings. The highest BCUT2D eigenvalue weighted by Crippen LogP contribution is 2.15. The first-order valence-corrected chi connectivity index (χ1v) is 6.97. The zero-order chi connectivity index (χ0) is 17.1. The molecule has 0 saturated heterocycles. The van der Waals surface area contributed by atoms with Crippen LogP contribution in [-0.2, 0) is 6.54 Å². The van der Waals surface area contributed by atoms with Crippen LogP contribution in [0.25, 0.3) is 0 Å². The number of H-pyrrole nitrogens is 1. The Hall–Kier alpha value is -3.56. The maximum Gasteiger partial charge on any atom is 0.319 e. The molecule has 2 aromatic heterocycles. The number of benzene rings is 1. The number of rotatable bonds is 5. The van der Waals surface area contributed by atoms with Crippen molar-refractivity contribution in [3.05, 3.63) is 63.7 Å². The molecule has 10 heteroatoms. The van der Waals surface area contributed by atoms with Crippen molar-refractivity contribution in [3.63, 3.8) is 0 Å². The SMILES string of the molecule is Cc1cccc(Cn2cnc(NC(=O)c3[nH]ncc3[N+](=O)[O-])n2)c1. The van der Waals surface area contributed by atoms with Crippen LogP contribution in [0.15, 0.2) is 36.8 Å². The molecule has 2 N–H and O–H groups in total. The number of nitrogens with one attached hydrogen (secondary N) is 2. The van der Waals surface area contributed by atoms with Crippen LogP contribution in [-0.4, -0.2) is 35.8 Å². The van der Waals surface area contributed by atoms with Crippen molar-refractivity contribution in [3.8, 4) is 0 Å². The van der Waals surface area contributed by atoms with Gasteiger partial charge >= 0.3 is 5.69 Å². The number of carbonyl (C=O) groups excluding carboxylic acids is 1. The summed E-state index contributed by atoms with van der Waals surface area (Å²) in [4.78, 5) is 26.1. The van der Waals surface area contributed by atoms with Gasteiger partial charge in [-0.2, -0.15) is 5.10 Å². The van der Waals surface area contributed by atoms with Gasteiger partial charge in [0.2, 0.25) is 11.6 Å². The van der Waals surface area contributed by atoms with Crippen molar-refractivity contribution in [2.24, 2.45) is 0 Å². The molecule has 2 heterocycles. The Bertz CT molecular complexity index is 899. The van der Waals surface area contributed by atoms with E-state index in [-0.39, 0.29) is 11.6 Å². The molecule has 1 amide bonds. The van der Waals surface area contributed by atoms with Crippen molar-refractivity contribution < 1.29 is 9.72 Å². The summed E-state index contributed by atoms with van der Waals surface area (Å²) in [7, 11) is 0. The van der Waals surface area contributed by atoms with Gasteiger partial charge in [-0.1, -0.05) is 29.8 Å². The van der Waals surface area contributed by atoms with Gasteiger partial charge in [0.15, 0.2) is 0 Å². The van der Waals surface area contributed by atoms with Crippen LogP contribution in [0.5, 0.6) is 0 Å². The van der Waals surface area contributed by atoms with Crippen molar-refractivity contribution >= 4 is 17.5 Å². The lowest BCUT2D eigenvalue weighted by molar-refractivity contribution is -0.385. The summed E-state index contributed by atoms with van der Waals surface area (Å²) in [6.07, 6.45) is 2.44. The Morgan fingerprint density at radius 3 is 3.04 bits per heavy atom. The molecule has 10 nitrogen and oxygen atoms in total. The van der Waals surface area contributed by atoms with Crippen LogP contribution in [0.2, 0.25) is 0 Å². The highest BCUT2D eigenvalue weighted by Gasteiger charge is 2.23. The molecule has 0 unspecified atom stereocenters. The summed E-state index contributed by atoms with van der Waals surface area (Å²) in [5, 5.41) is 23.1. The first-order chi connectivity index (χ1) is 11.5. The summed E-state index contributed by atoms with van der Waals surface area (Å²) < 4.78 is 1.56. The molecule has 0 saturated carbocycles. The second-order valence-electron chi connectivity index (χ2n) is 5.10. The molecule has 0 bridgehead atoms. The molecule has 3 aromatic rings. The summed E-state index contributed by atoms with van der Waals surface area (Å²) in [5.41, 5.74) is 1.51. The number of amides is 1. The second-order valence-corrected chi connectivity index (χ2v) is 5.10. The lowest BCUT2D eigenvalue weighted by Crippen LogP contribution is -2.15. The van der Waals surface area contributed by atoms with E-state index in [9.17, 15) is 14.9 Å². The van der Waals surface area contributed by atoms with E-state index < -0.39 is 16.5 Å². The topological polar surface area (TPSA) is 132 Å². The van der Waals surface area contributed by atoms with Crippen LogP contribution in [0.1, 0.15) is 21.6 Å². The first-order valence-electron chi connectivity index (χ1n) is 6.97. The number of hydrogen-bond donors (Lipinski definition) is 2. The highest BCUT2D eigenvalue weighted by molar-refractivity contribution is 6.04. The summed E-state index contributed by atoms with van der Waals surface area (Å²) >= 11 is 0. The Kier molecular flexibility index (Phi) is 4.01. The van der Waals surface area contributed by atoms with Gasteiger partial charge < -0.3 is 0 Å². The number of aromatic amines is 1. The summed E-state index contributed by atoms with van der Waals surface area (Å²) in [6.45, 7) is 2.49. The molecule has 24 heavy (non-hydrogen) atoms. The van der Waals surface area contributed by atoms with E-state index in [0.29, 0.717) is 6.54 Å². The molecule has 0 spiro atoms. The Morgan fingerprint density at radius 2 is 2.29 bits per heavy atom. The number of hydrogen-bond acceptors (Lipinski definition) is 6. The number of aryl methyl sites for hydroxylation is 1. The van der Waals surface area contributed by atoms with Crippen LogP contribution in [0, 0.1) is 17.0 Å². The fraction of sp³-hybridized carbons (Fsp3) is 0.143. The molecule has 0 atom stereocenters. The minimum absolute atomic E-state index is 0.0524. The number of aromatic nitrogens is 5. The second kappa shape index (κ2) is 6.28. The molecule has 1 aromatic carbocycles. The molecule has 0 aliphatic heterocycles. The van der Waals surface area contributed by atoms with Crippen LogP contribution in [0.3, 0.4) is 0 Å². The third-order valence-corrected chi connectivity index (χ3v) is 3.23. The van der Waals surface area contributed by atoms with Gasteiger partial charge in [-0.25, -0.2) is 9.67 Å². The average Bonchev–Trinajstić information content (AvgIpc) is 3.16. The van der Waals surface area contributed by atoms with Gasteiger partial charge in [0, 0.05) is 0 Å². The van der Waals surface area contributed by atoms with Gasteiger partial charge in [-0.3, -0.25) is 25.3 Å². The molecule has 0 aliphatic carbocycles. The molecule has 0 fully saturated rings. The minimum Gasteiger partial charge on any atom is -0.288 e. The minimum atomic E-state index is -0.729. The molecular formula is C14H13N7O3. The Balaban J connectivity index is 1.71. The fourth-order valence-corrected chi connectivity index (χ4v) is 2.18. The monoisotopic (exact) mass is 327 g/mol. The van der Waals surface area contributed by atoms with E-state index in [4.69, 9.17) is 0 Å². The largest absolute Gasteiger partial charge is 0.319 e. The van der Waals surface area contributed by atoms with Crippen molar-refractivity contribution in [1.82, 2.24) is 25.0 Å². The first kappa shape index (κ1) is 15.3. The third kappa shape index (κ3) is 3.27. The molecule has 0 radical (unpaired) electrons. The van der Waals surface area contributed by atoms with Crippen molar-refractivity contribution in [1.29, 1.82) is 0 Å². The van der Waals surface area contributed by atoms with Gasteiger partial charge in [0.1, 0.15) is 12.5 Å². The van der Waals surface area contributed by atoms with E-state index in [2.05, 4.69) is 25.6 Å². The predicted octanol–water partition coefficient (Wildman–Crippen LogP) is 1.52. The van der Waals surface area contributed by atoms with E-state index in [1.807, 2.05) is 31.2 Å². The quantitative estimate of drug-likeness (QED) is 0.539. The third-order valence-electron chi connectivity index (χ3n) is 3.23. The summed E-state index contributed by atoms with van der Waals surface area (Å²) in [5.74, 6) is -0.677. The van der Waals surface area contributed by atoms with E-state index in [1.54, 1.807) is 4.68 Å². The van der Waals surface area contributed by atoms with Gasteiger partial charge in [-0.15, -0.1) is 5.10 Å². The molecule has 3 rings (SSSR count). The lowest BCUT2D eigenvalue weighted by atomic mass is 10.1. The van der Waals surface area contributed by atoms with Crippen molar-refractivity contribution in [2.45, 2.75) is 13.5 Å². The van der Waals surface area contributed by atoms with E-state index in [1.165, 1.54) is 6.33 Å². The van der Waals surface area contributed by atoms with Crippen LogP contribution < -0.4 is 5.32 Å². The van der Waals surface area contributed by atoms with Crippen LogP contribution in [0.4, 0.5) is 11.6 Å². The Labute approximate surface area is 135 Å². The number of carbonyl (C=O) groups is 1. The zero-order valence-electron chi connectivity index (χ0n) is 12.6. The smallest absolute Gasteiger partial charge is 0.288 e.